The summed E-state index contributed by atoms with van der Waals surface area (Å²) in [4.78, 5) is 31.5. The van der Waals surface area contributed by atoms with Crippen LogP contribution < -0.4 is 5.32 Å². The molecule has 0 radical (unpaired) electrons. The monoisotopic (exact) mass is 573 g/mol. The third-order valence-electron chi connectivity index (χ3n) is 8.64. The minimum atomic E-state index is -2.19. The summed E-state index contributed by atoms with van der Waals surface area (Å²) in [6.07, 6.45) is 2.53. The predicted octanol–water partition coefficient (Wildman–Crippen LogP) is 7.39. The maximum Gasteiger partial charge on any atom is 0.407 e. The molecule has 0 aliphatic carbocycles. The summed E-state index contributed by atoms with van der Waals surface area (Å²) < 4.78 is 6.94. The molecule has 8 heteroatoms. The lowest BCUT2D eigenvalue weighted by atomic mass is 10.0. The lowest BCUT2D eigenvalue weighted by Crippen LogP contribution is -2.49. The van der Waals surface area contributed by atoms with Gasteiger partial charge in [0.25, 0.3) is 5.91 Å². The Balaban J connectivity index is 1.49. The first-order valence-corrected chi connectivity index (χ1v) is 17.3. The fourth-order valence-electron chi connectivity index (χ4n) is 5.26. The van der Waals surface area contributed by atoms with Gasteiger partial charge in [-0.2, -0.15) is 0 Å². The number of carbonyl (C=O) groups excluding carboxylic acids is 1. The second-order valence-corrected chi connectivity index (χ2v) is 17.3. The number of aromatic nitrogens is 1. The molecule has 0 spiro atoms. The molecule has 0 saturated carbocycles. The van der Waals surface area contributed by atoms with Crippen LogP contribution in [0.4, 0.5) is 4.79 Å². The average Bonchev–Trinajstić information content (AvgIpc) is 3.36. The van der Waals surface area contributed by atoms with Gasteiger partial charge in [0.1, 0.15) is 0 Å². The van der Waals surface area contributed by atoms with Crippen molar-refractivity contribution in [1.82, 2.24) is 15.2 Å². The minimum Gasteiger partial charge on any atom is -0.465 e. The fraction of sp³-hybridized carbons (Fsp3) is 0.424. The zero-order valence-electron chi connectivity index (χ0n) is 25.0. The van der Waals surface area contributed by atoms with E-state index in [1.54, 1.807) is 23.2 Å². The number of nitrogens with one attached hydrogen (secondary N) is 1. The van der Waals surface area contributed by atoms with Crippen LogP contribution in [0.1, 0.15) is 79.9 Å². The molecule has 2 N–H and O–H groups in total. The number of nitrogens with zero attached hydrogens (tertiary/aromatic N) is 2. The van der Waals surface area contributed by atoms with Crippen molar-refractivity contribution in [2.45, 2.75) is 89.3 Å². The van der Waals surface area contributed by atoms with Crippen LogP contribution in [0.25, 0.3) is 0 Å². The van der Waals surface area contributed by atoms with Crippen molar-refractivity contribution in [3.05, 3.63) is 101 Å². The maximum atomic E-state index is 12.8. The van der Waals surface area contributed by atoms with Gasteiger partial charge < -0.3 is 14.8 Å². The van der Waals surface area contributed by atoms with E-state index in [9.17, 15) is 14.7 Å². The molecular weight excluding hydrogens is 530 g/mol. The molecule has 218 valence electrons. The second-order valence-electron chi connectivity index (χ2n) is 12.5. The standard InChI is InChI=1S/C33H43N3O4Si/c1-23(28-14-10-11-21-34-28)35-31(37)26-17-15-24(16-18-26)22-27-19-20-29(36(27)32(38)39)30(25-12-8-7-9-13-25)40-41(5,6)33(2,3)4/h7-18,21,23,27,29-30H,19-20,22H2,1-6H3,(H,35,37)(H,38,39)/t23?,27-,29+,30+/m0/s1. The summed E-state index contributed by atoms with van der Waals surface area (Å²) >= 11 is 0. The van der Waals surface area contributed by atoms with E-state index in [1.165, 1.54) is 0 Å². The topological polar surface area (TPSA) is 91.8 Å². The quantitative estimate of drug-likeness (QED) is 0.261. The SMILES string of the molecule is CC(NC(=O)c1ccc(C[C@@H]2CC[C@H]([C@H](O[Si](C)(C)C(C)(C)C)c3ccccc3)N2C(=O)O)cc1)c1ccccn1. The Morgan fingerprint density at radius 3 is 2.27 bits per heavy atom. The summed E-state index contributed by atoms with van der Waals surface area (Å²) in [7, 11) is -2.19. The van der Waals surface area contributed by atoms with Gasteiger partial charge in [0.2, 0.25) is 0 Å². The van der Waals surface area contributed by atoms with E-state index in [0.29, 0.717) is 12.0 Å². The van der Waals surface area contributed by atoms with Crippen LogP contribution in [0, 0.1) is 0 Å². The van der Waals surface area contributed by atoms with Crippen molar-refractivity contribution in [3.8, 4) is 0 Å². The van der Waals surface area contributed by atoms with Crippen LogP contribution in [-0.4, -0.2) is 47.4 Å². The van der Waals surface area contributed by atoms with Gasteiger partial charge in [-0.05, 0) is 79.7 Å². The van der Waals surface area contributed by atoms with Gasteiger partial charge >= 0.3 is 6.09 Å². The van der Waals surface area contributed by atoms with E-state index in [1.807, 2.05) is 67.6 Å². The largest absolute Gasteiger partial charge is 0.465 e. The first kappa shape index (κ1) is 30.5. The molecule has 1 unspecified atom stereocenters. The predicted molar refractivity (Wildman–Crippen MR) is 164 cm³/mol. The smallest absolute Gasteiger partial charge is 0.407 e. The summed E-state index contributed by atoms with van der Waals surface area (Å²) in [6.45, 7) is 13.0. The Labute approximate surface area is 245 Å². The van der Waals surface area contributed by atoms with Crippen LogP contribution in [0.3, 0.4) is 0 Å². The number of hydrogen-bond donors (Lipinski definition) is 2. The first-order valence-electron chi connectivity index (χ1n) is 14.4. The number of pyridine rings is 1. The molecule has 1 fully saturated rings. The van der Waals surface area contributed by atoms with Crippen LogP contribution in [0.2, 0.25) is 18.1 Å². The zero-order chi connectivity index (χ0) is 29.8. The van der Waals surface area contributed by atoms with Crippen LogP contribution in [0.5, 0.6) is 0 Å². The Kier molecular flexibility index (Phi) is 9.34. The molecule has 3 aromatic rings. The van der Waals surface area contributed by atoms with Crippen LogP contribution >= 0.6 is 0 Å². The third-order valence-corrected chi connectivity index (χ3v) is 13.1. The molecule has 1 aliphatic rings. The van der Waals surface area contributed by atoms with E-state index >= 15 is 0 Å². The van der Waals surface area contributed by atoms with Crippen LogP contribution in [-0.2, 0) is 10.8 Å². The highest BCUT2D eigenvalue weighted by molar-refractivity contribution is 6.74. The van der Waals surface area contributed by atoms with Crippen molar-refractivity contribution in [1.29, 1.82) is 0 Å². The molecule has 1 saturated heterocycles. The molecule has 1 aromatic heterocycles. The number of benzene rings is 2. The molecule has 4 rings (SSSR count). The van der Waals surface area contributed by atoms with Gasteiger partial charge in [0, 0.05) is 17.8 Å². The van der Waals surface area contributed by atoms with Crippen molar-refractivity contribution >= 4 is 20.3 Å². The normalized spacial score (nSPS) is 19.0. The second kappa shape index (κ2) is 12.6. The Hall–Kier alpha value is -3.49. The molecule has 41 heavy (non-hydrogen) atoms. The molecule has 7 nitrogen and oxygen atoms in total. The molecule has 2 heterocycles. The van der Waals surface area contributed by atoms with Crippen molar-refractivity contribution in [3.63, 3.8) is 0 Å². The minimum absolute atomic E-state index is 0.00444. The summed E-state index contributed by atoms with van der Waals surface area (Å²) in [5, 5.41) is 13.4. The van der Waals surface area contributed by atoms with E-state index in [2.05, 4.69) is 44.2 Å². The number of carboxylic acid groups (broad SMARTS) is 1. The van der Waals surface area contributed by atoms with Gasteiger partial charge in [-0.3, -0.25) is 14.7 Å². The number of hydrogen-bond acceptors (Lipinski definition) is 4. The Morgan fingerprint density at radius 1 is 1.02 bits per heavy atom. The van der Waals surface area contributed by atoms with E-state index in [0.717, 1.165) is 29.7 Å². The zero-order valence-corrected chi connectivity index (χ0v) is 26.0. The van der Waals surface area contributed by atoms with Gasteiger partial charge in [-0.15, -0.1) is 0 Å². The van der Waals surface area contributed by atoms with Gasteiger partial charge in [0.05, 0.1) is 23.9 Å². The van der Waals surface area contributed by atoms with Gasteiger partial charge in [0.15, 0.2) is 8.32 Å². The number of likely N-dealkylation sites (tertiary alicyclic amines) is 1. The lowest BCUT2D eigenvalue weighted by molar-refractivity contribution is 0.0598. The molecule has 0 bridgehead atoms. The summed E-state index contributed by atoms with van der Waals surface area (Å²) in [5.41, 5.74) is 3.37. The Bertz CT molecular complexity index is 1310. The summed E-state index contributed by atoms with van der Waals surface area (Å²) in [6, 6.07) is 22.5. The first-order chi connectivity index (χ1) is 19.4. The number of amides is 2. The molecule has 4 atom stereocenters. The maximum absolute atomic E-state index is 12.8. The van der Waals surface area contributed by atoms with Gasteiger partial charge in [-0.25, -0.2) is 4.79 Å². The highest BCUT2D eigenvalue weighted by Gasteiger charge is 2.46. The molecule has 1 aliphatic heterocycles. The third kappa shape index (κ3) is 7.24. The van der Waals surface area contributed by atoms with E-state index < -0.39 is 14.4 Å². The van der Waals surface area contributed by atoms with Crippen LogP contribution in [0.15, 0.2) is 79.0 Å². The fourth-order valence-corrected chi connectivity index (χ4v) is 6.55. The number of rotatable bonds is 9. The average molecular weight is 574 g/mol. The van der Waals surface area contributed by atoms with Crippen molar-refractivity contribution in [2.75, 3.05) is 0 Å². The summed E-state index contributed by atoms with van der Waals surface area (Å²) in [5.74, 6) is -0.170. The lowest BCUT2D eigenvalue weighted by Gasteiger charge is -2.42. The molecule has 2 aromatic carbocycles. The highest BCUT2D eigenvalue weighted by atomic mass is 28.4. The van der Waals surface area contributed by atoms with Crippen molar-refractivity contribution < 1.29 is 19.1 Å². The molecule has 2 amide bonds. The van der Waals surface area contributed by atoms with Crippen molar-refractivity contribution in [2.24, 2.45) is 0 Å². The van der Waals surface area contributed by atoms with E-state index in [-0.39, 0.29) is 35.2 Å². The number of carbonyl (C=O) groups is 2. The van der Waals surface area contributed by atoms with Gasteiger partial charge in [-0.1, -0.05) is 69.3 Å². The molecular formula is C33H43N3O4Si. The highest BCUT2D eigenvalue weighted by Crippen LogP contribution is 2.44. The Morgan fingerprint density at radius 2 is 1.68 bits per heavy atom. The van der Waals surface area contributed by atoms with E-state index in [4.69, 9.17) is 4.43 Å².